The SMILES string of the molecule is CCNc1cc(C(=O)N[C@@H](Cc2ccccc2)[C@@H](O)CNC2(CC(C)C)CC2)cc(N2CCCCS2(O)O)c1. The summed E-state index contributed by atoms with van der Waals surface area (Å²) in [6.45, 7) is 8.01. The molecule has 2 fully saturated rings. The summed E-state index contributed by atoms with van der Waals surface area (Å²) in [5, 5.41) is 21.3. The van der Waals surface area contributed by atoms with E-state index < -0.39 is 22.9 Å². The number of anilines is 2. The van der Waals surface area contributed by atoms with Crippen molar-refractivity contribution < 1.29 is 19.0 Å². The van der Waals surface area contributed by atoms with Gasteiger partial charge in [-0.2, -0.15) is 0 Å². The Morgan fingerprint density at radius 1 is 1.10 bits per heavy atom. The molecule has 2 aromatic carbocycles. The summed E-state index contributed by atoms with van der Waals surface area (Å²) in [6.07, 6.45) is 4.66. The molecule has 39 heavy (non-hydrogen) atoms. The topological polar surface area (TPSA) is 117 Å². The van der Waals surface area contributed by atoms with Crippen LogP contribution in [-0.2, 0) is 6.42 Å². The fourth-order valence-electron chi connectivity index (χ4n) is 5.55. The summed E-state index contributed by atoms with van der Waals surface area (Å²) < 4.78 is 23.1. The molecule has 4 rings (SSSR count). The summed E-state index contributed by atoms with van der Waals surface area (Å²) in [5.74, 6) is 0.609. The maximum Gasteiger partial charge on any atom is 0.251 e. The van der Waals surface area contributed by atoms with E-state index in [9.17, 15) is 19.0 Å². The zero-order chi connectivity index (χ0) is 28.0. The minimum atomic E-state index is -2.93. The molecule has 0 unspecified atom stereocenters. The van der Waals surface area contributed by atoms with Gasteiger partial charge in [-0.15, -0.1) is 10.8 Å². The van der Waals surface area contributed by atoms with Gasteiger partial charge in [-0.05, 0) is 75.1 Å². The average Bonchev–Trinajstić information content (AvgIpc) is 3.66. The van der Waals surface area contributed by atoms with Crippen molar-refractivity contribution in [2.75, 3.05) is 35.0 Å². The second-order valence-electron chi connectivity index (χ2n) is 11.5. The van der Waals surface area contributed by atoms with E-state index in [1.165, 1.54) is 0 Å². The first kappa shape index (κ1) is 29.7. The van der Waals surface area contributed by atoms with Gasteiger partial charge in [0.2, 0.25) is 0 Å². The van der Waals surface area contributed by atoms with Gasteiger partial charge < -0.3 is 21.1 Å². The Labute approximate surface area is 235 Å². The molecule has 2 aliphatic rings. The van der Waals surface area contributed by atoms with Crippen molar-refractivity contribution in [1.82, 2.24) is 10.6 Å². The van der Waals surface area contributed by atoms with Crippen LogP contribution < -0.4 is 20.3 Å². The summed E-state index contributed by atoms with van der Waals surface area (Å²) in [6, 6.07) is 14.8. The van der Waals surface area contributed by atoms with Gasteiger partial charge in [0.15, 0.2) is 0 Å². The van der Waals surface area contributed by atoms with E-state index in [4.69, 9.17) is 0 Å². The quantitative estimate of drug-likeness (QED) is 0.199. The van der Waals surface area contributed by atoms with Crippen LogP contribution in [0.15, 0.2) is 48.5 Å². The number of aliphatic hydroxyl groups excluding tert-OH is 1. The third-order valence-corrected chi connectivity index (χ3v) is 9.59. The Kier molecular flexibility index (Phi) is 9.82. The Morgan fingerprint density at radius 2 is 1.85 bits per heavy atom. The smallest absolute Gasteiger partial charge is 0.251 e. The molecule has 0 aromatic heterocycles. The Morgan fingerprint density at radius 3 is 2.49 bits per heavy atom. The third kappa shape index (κ3) is 8.11. The highest BCUT2D eigenvalue weighted by Crippen LogP contribution is 2.50. The first-order valence-corrected chi connectivity index (χ1v) is 16.0. The molecule has 2 aromatic rings. The molecule has 1 aliphatic carbocycles. The van der Waals surface area contributed by atoms with Crippen molar-refractivity contribution in [3.63, 3.8) is 0 Å². The molecule has 216 valence electrons. The Balaban J connectivity index is 1.54. The number of nitrogens with zero attached hydrogens (tertiary/aromatic N) is 1. The first-order chi connectivity index (χ1) is 18.6. The number of aliphatic hydroxyl groups is 1. The molecule has 9 heteroatoms. The number of hydrogen-bond acceptors (Lipinski definition) is 7. The molecule has 1 saturated carbocycles. The monoisotopic (exact) mass is 558 g/mol. The molecule has 8 nitrogen and oxygen atoms in total. The van der Waals surface area contributed by atoms with Gasteiger partial charge in [-0.25, -0.2) is 0 Å². The molecule has 1 heterocycles. The lowest BCUT2D eigenvalue weighted by Crippen LogP contribution is -2.50. The number of hydrogen-bond donors (Lipinski definition) is 6. The highest BCUT2D eigenvalue weighted by atomic mass is 32.3. The molecular weight excluding hydrogens is 512 g/mol. The number of amides is 1. The molecule has 1 aliphatic heterocycles. The van der Waals surface area contributed by atoms with Crippen LogP contribution in [0.1, 0.15) is 68.8 Å². The average molecular weight is 559 g/mol. The lowest BCUT2D eigenvalue weighted by atomic mass is 9.98. The molecule has 1 amide bonds. The second-order valence-corrected chi connectivity index (χ2v) is 13.7. The van der Waals surface area contributed by atoms with Crippen LogP contribution >= 0.6 is 10.8 Å². The van der Waals surface area contributed by atoms with Crippen molar-refractivity contribution in [3.05, 3.63) is 59.7 Å². The zero-order valence-corrected chi connectivity index (χ0v) is 24.3. The number of carbonyl (C=O) groups excluding carboxylic acids is 1. The second kappa shape index (κ2) is 12.9. The molecule has 0 bridgehead atoms. The molecule has 6 N–H and O–H groups in total. The normalized spacial score (nSPS) is 20.2. The minimum absolute atomic E-state index is 0.101. The van der Waals surface area contributed by atoms with Crippen LogP contribution in [0, 0.1) is 5.92 Å². The van der Waals surface area contributed by atoms with Crippen molar-refractivity contribution in [3.8, 4) is 0 Å². The fraction of sp³-hybridized carbons (Fsp3) is 0.567. The fourth-order valence-corrected chi connectivity index (χ4v) is 7.23. The van der Waals surface area contributed by atoms with Gasteiger partial charge in [0.1, 0.15) is 0 Å². The molecule has 2 atom stereocenters. The van der Waals surface area contributed by atoms with Crippen molar-refractivity contribution in [1.29, 1.82) is 0 Å². The molecule has 1 saturated heterocycles. The van der Waals surface area contributed by atoms with Crippen molar-refractivity contribution >= 4 is 28.1 Å². The van der Waals surface area contributed by atoms with Crippen LogP contribution in [0.3, 0.4) is 0 Å². The van der Waals surface area contributed by atoms with E-state index in [-0.39, 0.29) is 11.4 Å². The Hall–Kier alpha value is -2.30. The van der Waals surface area contributed by atoms with Gasteiger partial charge in [0, 0.05) is 36.4 Å². The summed E-state index contributed by atoms with van der Waals surface area (Å²) in [5.41, 5.74) is 2.91. The lowest BCUT2D eigenvalue weighted by molar-refractivity contribution is 0.0820. The van der Waals surface area contributed by atoms with E-state index in [2.05, 4.69) is 29.8 Å². The molecular formula is C30H46N4O4S. The molecule has 0 radical (unpaired) electrons. The van der Waals surface area contributed by atoms with E-state index >= 15 is 0 Å². The van der Waals surface area contributed by atoms with Gasteiger partial charge in [-0.3, -0.25) is 18.2 Å². The number of carbonyl (C=O) groups is 1. The molecule has 0 spiro atoms. The van der Waals surface area contributed by atoms with Crippen molar-refractivity contribution in [2.24, 2.45) is 5.92 Å². The predicted molar refractivity (Wildman–Crippen MR) is 162 cm³/mol. The van der Waals surface area contributed by atoms with Gasteiger partial charge in [0.05, 0.1) is 23.6 Å². The number of nitrogens with one attached hydrogen (secondary N) is 3. The van der Waals surface area contributed by atoms with Gasteiger partial charge in [0.25, 0.3) is 5.91 Å². The highest BCUT2D eigenvalue weighted by Gasteiger charge is 2.43. The number of rotatable bonds is 13. The predicted octanol–water partition coefficient (Wildman–Crippen LogP) is 5.25. The zero-order valence-electron chi connectivity index (χ0n) is 23.5. The minimum Gasteiger partial charge on any atom is -0.390 e. The van der Waals surface area contributed by atoms with Crippen LogP contribution in [0.4, 0.5) is 11.4 Å². The summed E-state index contributed by atoms with van der Waals surface area (Å²) >= 11 is 0. The van der Waals surface area contributed by atoms with Gasteiger partial charge in [-0.1, -0.05) is 44.2 Å². The number of benzene rings is 2. The highest BCUT2D eigenvalue weighted by molar-refractivity contribution is 8.25. The summed E-state index contributed by atoms with van der Waals surface area (Å²) in [7, 11) is -2.93. The van der Waals surface area contributed by atoms with Crippen LogP contribution in [0.25, 0.3) is 0 Å². The maximum absolute atomic E-state index is 13.7. The van der Waals surface area contributed by atoms with Gasteiger partial charge >= 0.3 is 0 Å². The number of β-amino-alcohol motifs (C(OH)–C–C–N with tert-alkyl or cyclic N) is 1. The summed E-state index contributed by atoms with van der Waals surface area (Å²) in [4.78, 5) is 13.7. The Bertz CT molecular complexity index is 1090. The maximum atomic E-state index is 13.7. The lowest BCUT2D eigenvalue weighted by Gasteiger charge is -2.47. The van der Waals surface area contributed by atoms with Crippen LogP contribution in [-0.4, -0.2) is 63.2 Å². The van der Waals surface area contributed by atoms with Crippen LogP contribution in [0.2, 0.25) is 0 Å². The van der Waals surface area contributed by atoms with E-state index in [0.717, 1.165) is 43.4 Å². The first-order valence-electron chi connectivity index (χ1n) is 14.3. The van der Waals surface area contributed by atoms with E-state index in [1.807, 2.05) is 43.3 Å². The van der Waals surface area contributed by atoms with E-state index in [1.54, 1.807) is 16.4 Å². The van der Waals surface area contributed by atoms with Crippen molar-refractivity contribution in [2.45, 2.75) is 77.0 Å². The largest absolute Gasteiger partial charge is 0.390 e. The third-order valence-electron chi connectivity index (χ3n) is 7.65. The standard InChI is InChI=1S/C30H46N4O4S/c1-4-31-25-17-24(18-26(19-25)34-14-8-9-15-39(34,37)38)29(36)33-27(16-23-10-6-5-7-11-23)28(35)21-32-30(12-13-30)20-22(2)3/h5-7,10-11,17-19,22,27-28,31-32,35,37-38H,4,8-9,12-16,20-21H2,1-3H3,(H,33,36)/t27-,28-/m0/s1. The van der Waals surface area contributed by atoms with E-state index in [0.29, 0.717) is 49.0 Å². The van der Waals surface area contributed by atoms with Crippen LogP contribution in [0.5, 0.6) is 0 Å².